The molecule has 36 heavy (non-hydrogen) atoms. The molecule has 1 heterocycles. The van der Waals surface area contributed by atoms with E-state index in [0.29, 0.717) is 16.7 Å². The molecule has 1 aromatic heterocycles. The standard InChI is InChI=1S/C32H44O2S2/c1-6-7-8-9-10-11-12-13-22-36(33,34)31-23-30(28-18-14-26(15-19-28)24(2)3)35-32(31)29-20-16-27(17-21-29)25(4)5/h14-21,23-25H,6-13,22H2,1-5H3. The lowest BCUT2D eigenvalue weighted by Gasteiger charge is -2.09. The fourth-order valence-corrected chi connectivity index (χ4v) is 7.68. The van der Waals surface area contributed by atoms with E-state index < -0.39 is 9.84 Å². The molecular formula is C32H44O2S2. The minimum Gasteiger partial charge on any atom is -0.224 e. The lowest BCUT2D eigenvalue weighted by atomic mass is 10.0. The molecule has 0 fully saturated rings. The van der Waals surface area contributed by atoms with Crippen molar-refractivity contribution in [2.75, 3.05) is 5.75 Å². The summed E-state index contributed by atoms with van der Waals surface area (Å²) in [5.74, 6) is 1.14. The molecule has 0 amide bonds. The minimum absolute atomic E-state index is 0.224. The predicted octanol–water partition coefficient (Wildman–Crippen LogP) is 10.2. The lowest BCUT2D eigenvalue weighted by molar-refractivity contribution is 0.573. The van der Waals surface area contributed by atoms with Crippen LogP contribution in [0.5, 0.6) is 0 Å². The van der Waals surface area contributed by atoms with Gasteiger partial charge in [-0.25, -0.2) is 8.42 Å². The first-order valence-electron chi connectivity index (χ1n) is 13.8. The van der Waals surface area contributed by atoms with Crippen molar-refractivity contribution >= 4 is 21.2 Å². The number of hydrogen-bond donors (Lipinski definition) is 0. The second-order valence-corrected chi connectivity index (χ2v) is 13.8. The lowest BCUT2D eigenvalue weighted by Crippen LogP contribution is -2.07. The van der Waals surface area contributed by atoms with Gasteiger partial charge in [0.15, 0.2) is 9.84 Å². The van der Waals surface area contributed by atoms with Crippen LogP contribution in [0.1, 0.15) is 109 Å². The molecule has 3 rings (SSSR count). The van der Waals surface area contributed by atoms with Crippen molar-refractivity contribution in [3.8, 4) is 20.9 Å². The summed E-state index contributed by atoms with van der Waals surface area (Å²) >= 11 is 1.60. The zero-order valence-corrected chi connectivity index (χ0v) is 24.5. The molecule has 0 aliphatic rings. The highest BCUT2D eigenvalue weighted by molar-refractivity contribution is 7.91. The molecule has 196 valence electrons. The van der Waals surface area contributed by atoms with Gasteiger partial charge in [-0.15, -0.1) is 11.3 Å². The van der Waals surface area contributed by atoms with Gasteiger partial charge in [-0.3, -0.25) is 0 Å². The summed E-state index contributed by atoms with van der Waals surface area (Å²) in [7, 11) is -3.37. The van der Waals surface area contributed by atoms with Crippen molar-refractivity contribution in [2.45, 2.75) is 103 Å². The fraction of sp³-hybridized carbons (Fsp3) is 0.500. The molecule has 0 spiro atoms. The number of thiophene rings is 1. The van der Waals surface area contributed by atoms with Gasteiger partial charge in [0.1, 0.15) is 0 Å². The Balaban J connectivity index is 1.84. The van der Waals surface area contributed by atoms with Gasteiger partial charge < -0.3 is 0 Å². The number of rotatable bonds is 14. The molecule has 4 heteroatoms. The molecule has 0 bridgehead atoms. The zero-order valence-electron chi connectivity index (χ0n) is 22.8. The number of sulfone groups is 1. The molecule has 0 saturated carbocycles. The molecule has 0 saturated heterocycles. The van der Waals surface area contributed by atoms with E-state index >= 15 is 0 Å². The maximum Gasteiger partial charge on any atom is 0.179 e. The summed E-state index contributed by atoms with van der Waals surface area (Å²) in [6.45, 7) is 11.0. The van der Waals surface area contributed by atoms with Crippen LogP contribution < -0.4 is 0 Å². The van der Waals surface area contributed by atoms with Crippen LogP contribution in [0.2, 0.25) is 0 Å². The second-order valence-electron chi connectivity index (χ2n) is 10.7. The number of benzene rings is 2. The highest BCUT2D eigenvalue weighted by Gasteiger charge is 2.23. The van der Waals surface area contributed by atoms with Crippen LogP contribution >= 0.6 is 11.3 Å². The molecule has 3 aromatic rings. The zero-order chi connectivity index (χ0) is 26.1. The first-order valence-corrected chi connectivity index (χ1v) is 16.3. The van der Waals surface area contributed by atoms with E-state index in [-0.39, 0.29) is 5.75 Å². The largest absolute Gasteiger partial charge is 0.224 e. The summed E-state index contributed by atoms with van der Waals surface area (Å²) in [4.78, 5) is 2.38. The van der Waals surface area contributed by atoms with Gasteiger partial charge >= 0.3 is 0 Å². The first kappa shape index (κ1) is 28.7. The maximum absolute atomic E-state index is 13.6. The third kappa shape index (κ3) is 7.79. The topological polar surface area (TPSA) is 34.1 Å². The van der Waals surface area contributed by atoms with Gasteiger partial charge in [0.2, 0.25) is 0 Å². The van der Waals surface area contributed by atoms with Gasteiger partial charge in [0, 0.05) is 4.88 Å². The van der Waals surface area contributed by atoms with E-state index in [1.165, 1.54) is 43.2 Å². The Hall–Kier alpha value is -1.91. The van der Waals surface area contributed by atoms with Crippen molar-refractivity contribution in [3.05, 3.63) is 65.7 Å². The molecular weight excluding hydrogens is 480 g/mol. The van der Waals surface area contributed by atoms with Crippen LogP contribution in [0.3, 0.4) is 0 Å². The monoisotopic (exact) mass is 524 g/mol. The molecule has 0 radical (unpaired) electrons. The van der Waals surface area contributed by atoms with E-state index in [9.17, 15) is 8.42 Å². The molecule has 0 unspecified atom stereocenters. The SMILES string of the molecule is CCCCCCCCCCS(=O)(=O)c1cc(-c2ccc(C(C)C)cc2)sc1-c1ccc(C(C)C)cc1. The number of unbranched alkanes of at least 4 members (excludes halogenated alkanes) is 7. The Morgan fingerprint density at radius 1 is 0.667 bits per heavy atom. The van der Waals surface area contributed by atoms with Crippen LogP contribution in [-0.2, 0) is 9.84 Å². The Labute approximate surface area is 224 Å². The molecule has 0 N–H and O–H groups in total. The third-order valence-corrected chi connectivity index (χ3v) is 10.2. The van der Waals surface area contributed by atoms with E-state index in [2.05, 4.69) is 83.1 Å². The van der Waals surface area contributed by atoms with Crippen molar-refractivity contribution in [3.63, 3.8) is 0 Å². The minimum atomic E-state index is -3.37. The first-order chi connectivity index (χ1) is 17.2. The van der Waals surface area contributed by atoms with Crippen molar-refractivity contribution in [1.82, 2.24) is 0 Å². The summed E-state index contributed by atoms with van der Waals surface area (Å²) in [6, 6.07) is 18.9. The van der Waals surface area contributed by atoms with E-state index in [1.54, 1.807) is 11.3 Å². The van der Waals surface area contributed by atoms with Crippen molar-refractivity contribution in [2.24, 2.45) is 0 Å². The van der Waals surface area contributed by atoms with Crippen molar-refractivity contribution < 1.29 is 8.42 Å². The van der Waals surface area contributed by atoms with Gasteiger partial charge in [-0.2, -0.15) is 0 Å². The fourth-order valence-electron chi connectivity index (χ4n) is 4.54. The average Bonchev–Trinajstić information content (AvgIpc) is 3.32. The normalized spacial score (nSPS) is 12.1. The molecule has 0 aliphatic heterocycles. The van der Waals surface area contributed by atoms with Crippen LogP contribution in [0.15, 0.2) is 59.5 Å². The summed E-state index contributed by atoms with van der Waals surface area (Å²) < 4.78 is 27.1. The number of hydrogen-bond acceptors (Lipinski definition) is 3. The van der Waals surface area contributed by atoms with Crippen LogP contribution in [0.25, 0.3) is 20.9 Å². The third-order valence-electron chi connectivity index (χ3n) is 7.00. The maximum atomic E-state index is 13.6. The Bertz CT molecular complexity index is 1170. The molecule has 0 aliphatic carbocycles. The second kappa shape index (κ2) is 13.6. The van der Waals surface area contributed by atoms with Crippen LogP contribution in [-0.4, -0.2) is 14.2 Å². The summed E-state index contributed by atoms with van der Waals surface area (Å²) in [6.07, 6.45) is 9.17. The average molecular weight is 525 g/mol. The van der Waals surface area contributed by atoms with Gasteiger partial charge in [0.25, 0.3) is 0 Å². The quantitative estimate of drug-likeness (QED) is 0.197. The summed E-state index contributed by atoms with van der Waals surface area (Å²) in [5.41, 5.74) is 4.63. The van der Waals surface area contributed by atoms with E-state index in [0.717, 1.165) is 40.1 Å². The Morgan fingerprint density at radius 2 is 1.14 bits per heavy atom. The van der Waals surface area contributed by atoms with Crippen LogP contribution in [0.4, 0.5) is 0 Å². The smallest absolute Gasteiger partial charge is 0.179 e. The van der Waals surface area contributed by atoms with Gasteiger partial charge in [-0.1, -0.05) is 128 Å². The highest BCUT2D eigenvalue weighted by atomic mass is 32.2. The Morgan fingerprint density at radius 3 is 1.64 bits per heavy atom. The van der Waals surface area contributed by atoms with Crippen molar-refractivity contribution in [1.29, 1.82) is 0 Å². The van der Waals surface area contributed by atoms with Gasteiger partial charge in [0.05, 0.1) is 15.5 Å². The van der Waals surface area contributed by atoms with Gasteiger partial charge in [-0.05, 0) is 46.6 Å². The van der Waals surface area contributed by atoms with E-state index in [1.807, 2.05) is 6.07 Å². The molecule has 0 atom stereocenters. The summed E-state index contributed by atoms with van der Waals surface area (Å²) in [5, 5.41) is 0. The molecule has 2 aromatic carbocycles. The van der Waals surface area contributed by atoms with E-state index in [4.69, 9.17) is 0 Å². The highest BCUT2D eigenvalue weighted by Crippen LogP contribution is 2.41. The molecule has 2 nitrogen and oxygen atoms in total. The Kier molecular flexibility index (Phi) is 10.8. The predicted molar refractivity (Wildman–Crippen MR) is 158 cm³/mol. The van der Waals surface area contributed by atoms with Crippen LogP contribution in [0, 0.1) is 0 Å².